The van der Waals surface area contributed by atoms with Gasteiger partial charge in [-0.1, -0.05) is 47.7 Å². The molecular weight excluding hydrogens is 544 g/mol. The molecule has 2 aromatic carbocycles. The van der Waals surface area contributed by atoms with Gasteiger partial charge in [0.15, 0.2) is 0 Å². The number of anilines is 1. The van der Waals surface area contributed by atoms with Crippen LogP contribution in [0.5, 0.6) is 0 Å². The number of hydrogen-bond acceptors (Lipinski definition) is 7. The number of aromatic nitrogens is 2. The molecule has 2 saturated carbocycles. The highest BCUT2D eigenvalue weighted by molar-refractivity contribution is 8.00. The predicted molar refractivity (Wildman–Crippen MR) is 152 cm³/mol. The minimum absolute atomic E-state index is 0.00746. The molecule has 40 heavy (non-hydrogen) atoms. The number of fused-ring (bicyclic) bond motifs is 10. The highest BCUT2D eigenvalue weighted by Gasteiger charge is 2.69. The number of rotatable bonds is 4. The monoisotopic (exact) mass is 568 g/mol. The van der Waals surface area contributed by atoms with Gasteiger partial charge in [-0.25, -0.2) is 0 Å². The van der Waals surface area contributed by atoms with Gasteiger partial charge in [-0.05, 0) is 58.7 Å². The molecule has 7 atom stereocenters. The number of thioether (sulfide) groups is 1. The summed E-state index contributed by atoms with van der Waals surface area (Å²) < 4.78 is 0. The van der Waals surface area contributed by atoms with Crippen molar-refractivity contribution in [1.82, 2.24) is 14.9 Å². The molecule has 4 heterocycles. The van der Waals surface area contributed by atoms with Crippen LogP contribution < -0.4 is 10.2 Å². The summed E-state index contributed by atoms with van der Waals surface area (Å²) >= 11 is 2.88. The van der Waals surface area contributed by atoms with Crippen molar-refractivity contribution in [3.05, 3.63) is 87.1 Å². The topological polar surface area (TPSA) is 112 Å². The minimum atomic E-state index is -0.427. The van der Waals surface area contributed by atoms with Crippen LogP contribution in [0.1, 0.15) is 22.8 Å². The zero-order chi connectivity index (χ0) is 27.1. The van der Waals surface area contributed by atoms with Crippen molar-refractivity contribution >= 4 is 57.3 Å². The number of benzene rings is 2. The fraction of sp³-hybridized carbons (Fsp3) is 0.300. The van der Waals surface area contributed by atoms with E-state index in [2.05, 4.69) is 15.3 Å². The summed E-state index contributed by atoms with van der Waals surface area (Å²) in [6.07, 6.45) is 4.39. The van der Waals surface area contributed by atoms with Crippen molar-refractivity contribution in [1.29, 1.82) is 0 Å². The number of carbonyl (C=O) groups excluding carboxylic acids is 3. The minimum Gasteiger partial charge on any atom is -0.325 e. The van der Waals surface area contributed by atoms with Gasteiger partial charge in [0.1, 0.15) is 6.54 Å². The van der Waals surface area contributed by atoms with Gasteiger partial charge >= 0.3 is 4.87 Å². The molecule has 2 aliphatic heterocycles. The largest absolute Gasteiger partial charge is 0.325 e. The molecule has 2 aromatic heterocycles. The third-order valence-corrected chi connectivity index (χ3v) is 11.8. The Labute approximate surface area is 237 Å². The Morgan fingerprint density at radius 3 is 2.60 bits per heavy atom. The average molecular weight is 569 g/mol. The number of pyridine rings is 1. The molecular formula is C30H24N4O4S2. The van der Waals surface area contributed by atoms with E-state index in [0.29, 0.717) is 5.69 Å². The van der Waals surface area contributed by atoms with Gasteiger partial charge in [-0.15, -0.1) is 11.8 Å². The van der Waals surface area contributed by atoms with E-state index in [1.54, 1.807) is 18.0 Å². The normalized spacial score (nSPS) is 29.9. The quantitative estimate of drug-likeness (QED) is 0.359. The Hall–Kier alpha value is -3.76. The molecule has 10 heteroatoms. The maximum absolute atomic E-state index is 13.8. The highest BCUT2D eigenvalue weighted by Crippen LogP contribution is 2.68. The Morgan fingerprint density at radius 1 is 1.00 bits per heavy atom. The zero-order valence-corrected chi connectivity index (χ0v) is 22.8. The number of hydrogen-bond donors (Lipinski definition) is 2. The average Bonchev–Trinajstić information content (AvgIpc) is 3.69. The maximum atomic E-state index is 13.8. The van der Waals surface area contributed by atoms with Crippen molar-refractivity contribution in [3.8, 4) is 0 Å². The van der Waals surface area contributed by atoms with Crippen LogP contribution in [0.15, 0.2) is 76.8 Å². The van der Waals surface area contributed by atoms with E-state index < -0.39 is 11.8 Å². The van der Waals surface area contributed by atoms with Crippen molar-refractivity contribution in [2.24, 2.45) is 29.6 Å². The fourth-order valence-corrected chi connectivity index (χ4v) is 10.7. The lowest BCUT2D eigenvalue weighted by Crippen LogP contribution is -2.42. The van der Waals surface area contributed by atoms with Gasteiger partial charge in [-0.3, -0.25) is 29.1 Å². The molecule has 3 fully saturated rings. The summed E-state index contributed by atoms with van der Waals surface area (Å²) in [4.78, 5) is 62.3. The van der Waals surface area contributed by atoms with Gasteiger partial charge in [0.2, 0.25) is 17.7 Å². The SMILES string of the molecule is O=C(CN1C(=O)C2C3CC(C2C1=O)C1C3Sc2[nH]c(=O)sc2[C@@H]1c1cccnc1)Nc1ccc2ccccc2c1. The van der Waals surface area contributed by atoms with Gasteiger partial charge in [0, 0.05) is 34.1 Å². The van der Waals surface area contributed by atoms with Crippen LogP contribution >= 0.6 is 23.1 Å². The van der Waals surface area contributed by atoms with Gasteiger partial charge in [0.05, 0.1) is 16.9 Å². The van der Waals surface area contributed by atoms with Gasteiger partial charge < -0.3 is 10.3 Å². The second-order valence-electron chi connectivity index (χ2n) is 11.1. The number of thiazole rings is 1. The fourth-order valence-electron chi connectivity index (χ4n) is 7.78. The van der Waals surface area contributed by atoms with Gasteiger partial charge in [0.25, 0.3) is 0 Å². The van der Waals surface area contributed by atoms with Crippen molar-refractivity contribution in [2.75, 3.05) is 11.9 Å². The van der Waals surface area contributed by atoms with Gasteiger partial charge in [-0.2, -0.15) is 0 Å². The van der Waals surface area contributed by atoms with Crippen molar-refractivity contribution in [2.45, 2.75) is 22.6 Å². The molecule has 4 aromatic rings. The molecule has 1 saturated heterocycles. The van der Waals surface area contributed by atoms with E-state index in [1.165, 1.54) is 16.2 Å². The van der Waals surface area contributed by atoms with Crippen LogP contribution in [-0.2, 0) is 14.4 Å². The first kappa shape index (κ1) is 24.1. The molecule has 4 aliphatic rings. The number of imide groups is 1. The van der Waals surface area contributed by atoms with E-state index in [9.17, 15) is 19.2 Å². The first-order chi connectivity index (χ1) is 19.5. The summed E-state index contributed by atoms with van der Waals surface area (Å²) in [5.74, 6) is -1.62. The van der Waals surface area contributed by atoms with Crippen LogP contribution in [0, 0.1) is 29.6 Å². The lowest BCUT2D eigenvalue weighted by atomic mass is 9.68. The lowest BCUT2D eigenvalue weighted by molar-refractivity contribution is -0.143. The first-order valence-electron chi connectivity index (χ1n) is 13.4. The molecule has 2 bridgehead atoms. The van der Waals surface area contributed by atoms with Crippen molar-refractivity contribution < 1.29 is 14.4 Å². The van der Waals surface area contributed by atoms with Crippen LogP contribution in [0.2, 0.25) is 0 Å². The molecule has 200 valence electrons. The standard InChI is InChI=1S/C30H24N4O4S2/c35-20(32-17-8-7-14-4-1-2-5-15(14)10-17)13-34-28(36)23-18-11-19(24(23)29(34)37)25-22(18)21(16-6-3-9-31-12-16)26-27(39-25)33-30(38)40-26/h1-10,12,18-19,21-25H,11,13H2,(H,32,35)(H,33,38)/t18?,19?,21-,22?,23?,24?,25?/m1/s1. The first-order valence-corrected chi connectivity index (χ1v) is 15.1. The number of H-pyrrole nitrogens is 1. The second kappa shape index (κ2) is 8.87. The Morgan fingerprint density at radius 2 is 1.80 bits per heavy atom. The number of nitrogens with zero attached hydrogens (tertiary/aromatic N) is 2. The number of likely N-dealkylation sites (tertiary alicyclic amines) is 1. The summed E-state index contributed by atoms with van der Waals surface area (Å²) in [7, 11) is 0. The van der Waals surface area contributed by atoms with Crippen molar-refractivity contribution in [3.63, 3.8) is 0 Å². The molecule has 2 N–H and O–H groups in total. The van der Waals surface area contributed by atoms with E-state index in [1.807, 2.05) is 60.8 Å². The van der Waals surface area contributed by atoms with Crippen LogP contribution in [0.25, 0.3) is 10.8 Å². The third kappa shape index (κ3) is 3.48. The zero-order valence-electron chi connectivity index (χ0n) is 21.2. The molecule has 0 radical (unpaired) electrons. The molecule has 6 unspecified atom stereocenters. The predicted octanol–water partition coefficient (Wildman–Crippen LogP) is 4.10. The van der Waals surface area contributed by atoms with Crippen LogP contribution in [-0.4, -0.2) is 44.4 Å². The Bertz CT molecular complexity index is 1770. The smallest absolute Gasteiger partial charge is 0.305 e. The van der Waals surface area contributed by atoms with E-state index >= 15 is 0 Å². The molecule has 0 spiro atoms. The van der Waals surface area contributed by atoms with E-state index in [4.69, 9.17) is 0 Å². The summed E-state index contributed by atoms with van der Waals surface area (Å²) in [5, 5.41) is 5.91. The highest BCUT2D eigenvalue weighted by atomic mass is 32.2. The number of nitrogens with one attached hydrogen (secondary N) is 2. The summed E-state index contributed by atoms with van der Waals surface area (Å²) in [5.41, 5.74) is 1.66. The van der Waals surface area contributed by atoms with Crippen LogP contribution in [0.3, 0.4) is 0 Å². The Balaban J connectivity index is 1.07. The number of aromatic amines is 1. The second-order valence-corrected chi connectivity index (χ2v) is 13.3. The van der Waals surface area contributed by atoms with E-state index in [0.717, 1.165) is 32.7 Å². The molecule has 3 amide bonds. The Kier molecular flexibility index (Phi) is 5.34. The lowest BCUT2D eigenvalue weighted by Gasteiger charge is -2.42. The summed E-state index contributed by atoms with van der Waals surface area (Å²) in [6, 6.07) is 17.5. The maximum Gasteiger partial charge on any atom is 0.305 e. The van der Waals surface area contributed by atoms with E-state index in [-0.39, 0.29) is 58.1 Å². The number of amides is 3. The molecule has 8 rings (SSSR count). The molecule has 8 nitrogen and oxygen atoms in total. The summed E-state index contributed by atoms with van der Waals surface area (Å²) in [6.45, 7) is -0.286. The molecule has 2 aliphatic carbocycles. The number of carbonyl (C=O) groups is 3. The third-order valence-electron chi connectivity index (χ3n) is 9.19. The van der Waals surface area contributed by atoms with Crippen LogP contribution in [0.4, 0.5) is 5.69 Å².